The maximum Gasteiger partial charge on any atom is 0.248 e. The van der Waals surface area contributed by atoms with Crippen molar-refractivity contribution in [2.24, 2.45) is 0 Å². The van der Waals surface area contributed by atoms with Crippen molar-refractivity contribution in [3.8, 4) is 0 Å². The number of hydrogen-bond donors (Lipinski definition) is 3. The summed E-state index contributed by atoms with van der Waals surface area (Å²) in [4.78, 5) is 12.2. The van der Waals surface area contributed by atoms with Crippen LogP contribution in [-0.2, 0) is 11.3 Å². The molecule has 0 aliphatic heterocycles. The number of anilines is 3. The van der Waals surface area contributed by atoms with Gasteiger partial charge in [0.1, 0.15) is 0 Å². The molecule has 4 N–H and O–H groups in total. The zero-order valence-corrected chi connectivity index (χ0v) is 18.0. The van der Waals surface area contributed by atoms with Crippen LogP contribution in [0.25, 0.3) is 6.08 Å². The third-order valence-electron chi connectivity index (χ3n) is 5.42. The van der Waals surface area contributed by atoms with E-state index in [0.717, 1.165) is 17.8 Å². The minimum atomic E-state index is -0.207. The molecule has 0 spiro atoms. The molecule has 0 saturated heterocycles. The van der Waals surface area contributed by atoms with Crippen molar-refractivity contribution in [3.05, 3.63) is 94.1 Å². The van der Waals surface area contributed by atoms with E-state index < -0.39 is 0 Å². The maximum absolute atomic E-state index is 12.2. The summed E-state index contributed by atoms with van der Waals surface area (Å²) in [5, 5.41) is 6.32. The van der Waals surface area contributed by atoms with Crippen LogP contribution in [0.1, 0.15) is 33.4 Å². The number of para-hydroxylation sites is 2. The van der Waals surface area contributed by atoms with Gasteiger partial charge in [-0.2, -0.15) is 0 Å². The van der Waals surface area contributed by atoms with E-state index in [1.807, 2.05) is 24.3 Å². The summed E-state index contributed by atoms with van der Waals surface area (Å²) in [6.45, 7) is 9.28. The van der Waals surface area contributed by atoms with Crippen molar-refractivity contribution >= 4 is 29.0 Å². The molecule has 30 heavy (non-hydrogen) atoms. The van der Waals surface area contributed by atoms with Crippen LogP contribution in [0, 0.1) is 27.7 Å². The molecular formula is C26H29N3O. The molecule has 0 radical (unpaired) electrons. The van der Waals surface area contributed by atoms with E-state index in [-0.39, 0.29) is 5.91 Å². The van der Waals surface area contributed by atoms with Crippen LogP contribution in [-0.4, -0.2) is 5.91 Å². The Hall–Kier alpha value is -3.53. The largest absolute Gasteiger partial charge is 0.397 e. The van der Waals surface area contributed by atoms with Crippen LogP contribution in [0.2, 0.25) is 0 Å². The lowest BCUT2D eigenvalue weighted by Gasteiger charge is -2.13. The van der Waals surface area contributed by atoms with Crippen molar-refractivity contribution in [2.75, 3.05) is 16.4 Å². The molecule has 0 saturated carbocycles. The molecule has 3 aromatic carbocycles. The number of carbonyl (C=O) groups excluding carboxylic acids is 1. The first-order valence-corrected chi connectivity index (χ1v) is 10.1. The van der Waals surface area contributed by atoms with Crippen LogP contribution in [0.15, 0.2) is 60.7 Å². The van der Waals surface area contributed by atoms with E-state index in [4.69, 9.17) is 5.73 Å². The number of hydrogen-bond acceptors (Lipinski definition) is 3. The lowest BCUT2D eigenvalue weighted by molar-refractivity contribution is -0.111. The number of carbonyl (C=O) groups is 1. The number of rotatable bonds is 6. The Bertz CT molecular complexity index is 1080. The predicted octanol–water partition coefficient (Wildman–Crippen LogP) is 5.77. The first-order chi connectivity index (χ1) is 14.3. The molecule has 3 rings (SSSR count). The molecule has 0 aromatic heterocycles. The first-order valence-electron chi connectivity index (χ1n) is 10.1. The molecule has 1 amide bonds. The average molecular weight is 400 g/mol. The van der Waals surface area contributed by atoms with E-state index in [1.165, 1.54) is 33.9 Å². The van der Waals surface area contributed by atoms with Gasteiger partial charge in [0.25, 0.3) is 0 Å². The number of nitrogens with one attached hydrogen (secondary N) is 2. The van der Waals surface area contributed by atoms with Gasteiger partial charge in [0.2, 0.25) is 5.91 Å². The lowest BCUT2D eigenvalue weighted by Crippen LogP contribution is -2.09. The van der Waals surface area contributed by atoms with Gasteiger partial charge >= 0.3 is 0 Å². The van der Waals surface area contributed by atoms with Gasteiger partial charge in [-0.15, -0.1) is 0 Å². The van der Waals surface area contributed by atoms with Crippen LogP contribution in [0.4, 0.5) is 17.1 Å². The molecule has 0 heterocycles. The molecule has 0 unspecified atom stereocenters. The number of aryl methyl sites for hydroxylation is 3. The van der Waals surface area contributed by atoms with Crippen molar-refractivity contribution < 1.29 is 4.79 Å². The van der Waals surface area contributed by atoms with Crippen molar-refractivity contribution in [1.82, 2.24) is 0 Å². The van der Waals surface area contributed by atoms with Gasteiger partial charge in [-0.3, -0.25) is 4.79 Å². The molecule has 0 aliphatic carbocycles. The standard InChI is InChI=1S/C26H29N3O/c1-17-14-23(15-18(2)20(17)4)28-16-22-11-9-21(13-19(22)3)10-12-26(30)29-25-8-6-5-7-24(25)27/h5-15,28H,16,27H2,1-4H3,(H,29,30)/b12-10+. The zero-order chi connectivity index (χ0) is 21.7. The van der Waals surface area contributed by atoms with Gasteiger partial charge in [0.05, 0.1) is 11.4 Å². The molecule has 0 atom stereocenters. The predicted molar refractivity (Wildman–Crippen MR) is 128 cm³/mol. The molecule has 0 bridgehead atoms. The Kier molecular flexibility index (Phi) is 6.58. The summed E-state index contributed by atoms with van der Waals surface area (Å²) in [7, 11) is 0. The number of benzene rings is 3. The smallest absolute Gasteiger partial charge is 0.248 e. The van der Waals surface area contributed by atoms with E-state index in [2.05, 4.69) is 62.6 Å². The normalized spacial score (nSPS) is 10.9. The zero-order valence-electron chi connectivity index (χ0n) is 18.0. The van der Waals surface area contributed by atoms with Crippen LogP contribution in [0.3, 0.4) is 0 Å². The van der Waals surface area contributed by atoms with E-state index in [1.54, 1.807) is 12.1 Å². The Morgan fingerprint density at radius 3 is 2.30 bits per heavy atom. The van der Waals surface area contributed by atoms with Crippen molar-refractivity contribution in [2.45, 2.75) is 34.2 Å². The number of nitrogen functional groups attached to an aromatic ring is 1. The summed E-state index contributed by atoms with van der Waals surface area (Å²) >= 11 is 0. The average Bonchev–Trinajstić information content (AvgIpc) is 2.71. The molecule has 3 aromatic rings. The summed E-state index contributed by atoms with van der Waals surface area (Å²) in [6.07, 6.45) is 3.34. The highest BCUT2D eigenvalue weighted by Gasteiger charge is 2.04. The van der Waals surface area contributed by atoms with Crippen LogP contribution < -0.4 is 16.4 Å². The quantitative estimate of drug-likeness (QED) is 0.364. The topological polar surface area (TPSA) is 67.2 Å². The first kappa shape index (κ1) is 21.2. The Morgan fingerprint density at radius 1 is 0.933 bits per heavy atom. The second-order valence-electron chi connectivity index (χ2n) is 7.68. The summed E-state index contributed by atoms with van der Waals surface area (Å²) in [6, 6.07) is 17.8. The fourth-order valence-electron chi connectivity index (χ4n) is 3.31. The second-order valence-corrected chi connectivity index (χ2v) is 7.68. The fourth-order valence-corrected chi connectivity index (χ4v) is 3.31. The lowest BCUT2D eigenvalue weighted by atomic mass is 10.0. The van der Waals surface area contributed by atoms with Gasteiger partial charge in [-0.25, -0.2) is 0 Å². The van der Waals surface area contributed by atoms with E-state index in [0.29, 0.717) is 11.4 Å². The molecule has 4 heteroatoms. The monoisotopic (exact) mass is 399 g/mol. The minimum Gasteiger partial charge on any atom is -0.397 e. The number of amides is 1. The fraction of sp³-hybridized carbons (Fsp3) is 0.192. The van der Waals surface area contributed by atoms with E-state index >= 15 is 0 Å². The van der Waals surface area contributed by atoms with Crippen molar-refractivity contribution in [1.29, 1.82) is 0 Å². The molecule has 4 nitrogen and oxygen atoms in total. The van der Waals surface area contributed by atoms with Gasteiger partial charge in [-0.05, 0) is 91.4 Å². The third kappa shape index (κ3) is 5.29. The van der Waals surface area contributed by atoms with Gasteiger partial charge < -0.3 is 16.4 Å². The Balaban J connectivity index is 1.63. The summed E-state index contributed by atoms with van der Waals surface area (Å²) in [5.41, 5.74) is 15.5. The Labute approximate surface area is 178 Å². The number of nitrogens with two attached hydrogens (primary N) is 1. The SMILES string of the molecule is Cc1cc(/C=C/C(=O)Nc2ccccc2N)ccc1CNc1cc(C)c(C)c(C)c1. The minimum absolute atomic E-state index is 0.207. The van der Waals surface area contributed by atoms with Crippen molar-refractivity contribution in [3.63, 3.8) is 0 Å². The van der Waals surface area contributed by atoms with Gasteiger partial charge in [0, 0.05) is 18.3 Å². The molecule has 0 fully saturated rings. The maximum atomic E-state index is 12.2. The molecule has 154 valence electrons. The summed E-state index contributed by atoms with van der Waals surface area (Å²) in [5.74, 6) is -0.207. The van der Waals surface area contributed by atoms with Gasteiger partial charge in [0.15, 0.2) is 0 Å². The van der Waals surface area contributed by atoms with Crippen LogP contribution in [0.5, 0.6) is 0 Å². The summed E-state index contributed by atoms with van der Waals surface area (Å²) < 4.78 is 0. The highest BCUT2D eigenvalue weighted by Crippen LogP contribution is 2.21. The molecular weight excluding hydrogens is 370 g/mol. The second kappa shape index (κ2) is 9.31. The molecule has 0 aliphatic rings. The third-order valence-corrected chi connectivity index (χ3v) is 5.42. The van der Waals surface area contributed by atoms with E-state index in [9.17, 15) is 4.79 Å². The Morgan fingerprint density at radius 2 is 1.63 bits per heavy atom. The van der Waals surface area contributed by atoms with Gasteiger partial charge in [-0.1, -0.05) is 30.3 Å². The highest BCUT2D eigenvalue weighted by molar-refractivity contribution is 6.03. The highest BCUT2D eigenvalue weighted by atomic mass is 16.1. The van der Waals surface area contributed by atoms with Crippen LogP contribution >= 0.6 is 0 Å².